The molecule has 0 aliphatic carbocycles. The highest BCUT2D eigenvalue weighted by molar-refractivity contribution is 7.10. The molecule has 3 rings (SSSR count). The number of phenolic OH excluding ortho intramolecular Hbond substituents is 2. The highest BCUT2D eigenvalue weighted by Gasteiger charge is 2.15. The van der Waals surface area contributed by atoms with Gasteiger partial charge in [-0.15, -0.1) is 20.5 Å². The number of aromatic nitrogens is 3. The molecule has 3 aromatic rings. The number of benzene rings is 1. The fourth-order valence-corrected chi connectivity index (χ4v) is 2.82. The van der Waals surface area contributed by atoms with Gasteiger partial charge in [-0.1, -0.05) is 0 Å². The Morgan fingerprint density at radius 1 is 1.11 bits per heavy atom. The van der Waals surface area contributed by atoms with Crippen LogP contribution in [-0.2, 0) is 7.05 Å². The highest BCUT2D eigenvalue weighted by atomic mass is 32.1. The summed E-state index contributed by atoms with van der Waals surface area (Å²) in [4.78, 5) is 0. The van der Waals surface area contributed by atoms with E-state index in [4.69, 9.17) is 5.26 Å². The molecule has 27 heavy (non-hydrogen) atoms. The third-order valence-electron chi connectivity index (χ3n) is 3.73. The van der Waals surface area contributed by atoms with Crippen LogP contribution in [0.1, 0.15) is 16.8 Å². The molecule has 1 aromatic carbocycles. The molecule has 11 heteroatoms. The lowest BCUT2D eigenvalue weighted by Gasteiger charge is -2.07. The average molecular weight is 382 g/mol. The summed E-state index contributed by atoms with van der Waals surface area (Å²) in [5.74, 6) is 0.0290. The lowest BCUT2D eigenvalue weighted by Crippen LogP contribution is -1.87. The van der Waals surface area contributed by atoms with Crippen LogP contribution in [0.15, 0.2) is 38.8 Å². The minimum atomic E-state index is -0.240. The first-order valence-corrected chi connectivity index (χ1v) is 8.43. The van der Waals surface area contributed by atoms with Crippen molar-refractivity contribution < 1.29 is 10.2 Å². The SMILES string of the molecule is Cc1nsc(N=Nc2cc(N=Nc3ccnn3C)c(O)c(C)c2O)c1C#N. The molecule has 0 unspecified atom stereocenters. The minimum Gasteiger partial charge on any atom is -0.505 e. The summed E-state index contributed by atoms with van der Waals surface area (Å²) in [5.41, 5.74) is 1.27. The van der Waals surface area contributed by atoms with Crippen LogP contribution >= 0.6 is 11.5 Å². The Labute approximate surface area is 157 Å². The zero-order valence-electron chi connectivity index (χ0n) is 14.6. The average Bonchev–Trinajstić information content (AvgIpc) is 3.23. The Morgan fingerprint density at radius 2 is 1.78 bits per heavy atom. The number of phenols is 2. The Bertz CT molecular complexity index is 1110. The lowest BCUT2D eigenvalue weighted by molar-refractivity contribution is 0.444. The van der Waals surface area contributed by atoms with Crippen LogP contribution in [0.25, 0.3) is 0 Å². The number of aromatic hydroxyl groups is 2. The molecular weight excluding hydrogens is 368 g/mol. The van der Waals surface area contributed by atoms with Crippen LogP contribution in [0.5, 0.6) is 11.5 Å². The smallest absolute Gasteiger partial charge is 0.176 e. The zero-order valence-corrected chi connectivity index (χ0v) is 15.4. The third kappa shape index (κ3) is 3.51. The first-order valence-electron chi connectivity index (χ1n) is 7.65. The minimum absolute atomic E-state index is 0.0826. The van der Waals surface area contributed by atoms with E-state index in [0.717, 1.165) is 11.5 Å². The van der Waals surface area contributed by atoms with Crippen LogP contribution in [0, 0.1) is 25.2 Å². The van der Waals surface area contributed by atoms with Gasteiger partial charge in [0, 0.05) is 24.7 Å². The van der Waals surface area contributed by atoms with E-state index in [-0.39, 0.29) is 28.4 Å². The molecule has 2 aromatic heterocycles. The van der Waals surface area contributed by atoms with Gasteiger partial charge in [-0.2, -0.15) is 14.7 Å². The predicted octanol–water partition coefficient (Wildman–Crippen LogP) is 4.61. The third-order valence-corrected chi connectivity index (χ3v) is 4.55. The van der Waals surface area contributed by atoms with Gasteiger partial charge in [-0.25, -0.2) is 4.68 Å². The van der Waals surface area contributed by atoms with E-state index < -0.39 is 0 Å². The molecule has 136 valence electrons. The molecule has 0 aliphatic rings. The van der Waals surface area contributed by atoms with Gasteiger partial charge >= 0.3 is 0 Å². The Morgan fingerprint density at radius 3 is 2.37 bits per heavy atom. The molecule has 2 heterocycles. The summed E-state index contributed by atoms with van der Waals surface area (Å²) in [6, 6.07) is 5.02. The lowest BCUT2D eigenvalue weighted by atomic mass is 10.1. The number of nitrogens with zero attached hydrogens (tertiary/aromatic N) is 8. The largest absolute Gasteiger partial charge is 0.505 e. The van der Waals surface area contributed by atoms with Gasteiger partial charge in [0.1, 0.15) is 34.5 Å². The van der Waals surface area contributed by atoms with Gasteiger partial charge in [0.05, 0.1) is 11.9 Å². The topological polar surface area (TPSA) is 144 Å². The highest BCUT2D eigenvalue weighted by Crippen LogP contribution is 2.44. The molecule has 0 spiro atoms. The van der Waals surface area contributed by atoms with Gasteiger partial charge in [0.15, 0.2) is 10.8 Å². The van der Waals surface area contributed by atoms with Crippen molar-refractivity contribution in [3.63, 3.8) is 0 Å². The molecule has 2 N–H and O–H groups in total. The molecule has 0 saturated heterocycles. The van der Waals surface area contributed by atoms with Crippen molar-refractivity contribution in [1.82, 2.24) is 14.2 Å². The van der Waals surface area contributed by atoms with Gasteiger partial charge < -0.3 is 10.2 Å². The predicted molar refractivity (Wildman–Crippen MR) is 97.6 cm³/mol. The van der Waals surface area contributed by atoms with Crippen molar-refractivity contribution >= 4 is 33.7 Å². The molecule has 0 atom stereocenters. The number of hydrogen-bond acceptors (Lipinski definition) is 10. The van der Waals surface area contributed by atoms with Gasteiger partial charge in [0.2, 0.25) is 0 Å². The second-order valence-electron chi connectivity index (χ2n) is 5.51. The monoisotopic (exact) mass is 382 g/mol. The van der Waals surface area contributed by atoms with Crippen LogP contribution in [0.3, 0.4) is 0 Å². The van der Waals surface area contributed by atoms with Crippen LogP contribution < -0.4 is 0 Å². The number of hydrogen-bond donors (Lipinski definition) is 2. The van der Waals surface area contributed by atoms with Crippen LogP contribution in [-0.4, -0.2) is 24.4 Å². The Balaban J connectivity index is 2.00. The van der Waals surface area contributed by atoms with Crippen LogP contribution in [0.4, 0.5) is 22.2 Å². The molecule has 0 bridgehead atoms. The second kappa shape index (κ2) is 7.30. The summed E-state index contributed by atoms with van der Waals surface area (Å²) in [6.07, 6.45) is 1.57. The summed E-state index contributed by atoms with van der Waals surface area (Å²) in [6.45, 7) is 3.22. The van der Waals surface area contributed by atoms with E-state index in [9.17, 15) is 10.2 Å². The maximum Gasteiger partial charge on any atom is 0.176 e. The Hall–Kier alpha value is -3.65. The zero-order chi connectivity index (χ0) is 19.6. The van der Waals surface area contributed by atoms with Gasteiger partial charge in [-0.3, -0.25) is 0 Å². The van der Waals surface area contributed by atoms with Crippen molar-refractivity contribution in [3.8, 4) is 17.6 Å². The molecule has 0 saturated carbocycles. The van der Waals surface area contributed by atoms with Gasteiger partial charge in [0.25, 0.3) is 0 Å². The Kier molecular flexibility index (Phi) is 4.91. The molecule has 0 fully saturated rings. The van der Waals surface area contributed by atoms with E-state index >= 15 is 0 Å². The number of nitriles is 1. The van der Waals surface area contributed by atoms with E-state index in [1.54, 1.807) is 26.2 Å². The van der Waals surface area contributed by atoms with Crippen molar-refractivity contribution in [2.45, 2.75) is 13.8 Å². The van der Waals surface area contributed by atoms with Crippen molar-refractivity contribution in [2.24, 2.45) is 27.5 Å². The normalized spacial score (nSPS) is 11.5. The first-order chi connectivity index (χ1) is 12.9. The van der Waals surface area contributed by atoms with E-state index in [1.165, 1.54) is 17.7 Å². The van der Waals surface area contributed by atoms with Crippen LogP contribution in [0.2, 0.25) is 0 Å². The molecular formula is C16H14N8O2S. The maximum absolute atomic E-state index is 10.2. The fourth-order valence-electron chi connectivity index (χ4n) is 2.14. The molecule has 0 amide bonds. The van der Waals surface area contributed by atoms with Crippen molar-refractivity contribution in [2.75, 3.05) is 0 Å². The van der Waals surface area contributed by atoms with Gasteiger partial charge in [-0.05, 0) is 25.4 Å². The van der Waals surface area contributed by atoms with E-state index in [1.807, 2.05) is 6.07 Å². The number of azo groups is 2. The summed E-state index contributed by atoms with van der Waals surface area (Å²) >= 11 is 1.03. The van der Waals surface area contributed by atoms with E-state index in [0.29, 0.717) is 22.1 Å². The summed E-state index contributed by atoms with van der Waals surface area (Å²) in [7, 11) is 1.71. The van der Waals surface area contributed by atoms with E-state index in [2.05, 4.69) is 29.9 Å². The summed E-state index contributed by atoms with van der Waals surface area (Å²) < 4.78 is 5.58. The molecule has 10 nitrogen and oxygen atoms in total. The van der Waals surface area contributed by atoms with Crippen molar-refractivity contribution in [3.05, 3.63) is 35.2 Å². The standard InChI is InChI=1S/C16H14N8O2S/c1-8-14(25)11(19-21-13-4-5-18-24(13)3)6-12(15(8)26)20-22-16-10(7-17)9(2)23-27-16/h4-6,25-26H,1-3H3. The summed E-state index contributed by atoms with van der Waals surface area (Å²) in [5, 5.41) is 49.9. The molecule has 0 radical (unpaired) electrons. The molecule has 0 aliphatic heterocycles. The number of aryl methyl sites for hydroxylation is 2. The quantitative estimate of drug-likeness (QED) is 0.633. The van der Waals surface area contributed by atoms with Crippen molar-refractivity contribution in [1.29, 1.82) is 5.26 Å². The maximum atomic E-state index is 10.2. The first kappa shape index (κ1) is 18.2. The number of rotatable bonds is 4. The second-order valence-corrected chi connectivity index (χ2v) is 6.26. The fraction of sp³-hybridized carbons (Fsp3) is 0.188.